The monoisotopic (exact) mass is 295 g/mol. The summed E-state index contributed by atoms with van der Waals surface area (Å²) in [6.07, 6.45) is 2.22. The van der Waals surface area contributed by atoms with Crippen LogP contribution in [0.3, 0.4) is 0 Å². The Labute approximate surface area is 124 Å². The highest BCUT2D eigenvalue weighted by molar-refractivity contribution is 8.00. The normalized spacial score (nSPS) is 11.8. The molecule has 0 saturated carbocycles. The summed E-state index contributed by atoms with van der Waals surface area (Å²) in [5.41, 5.74) is 0. The lowest BCUT2D eigenvalue weighted by atomic mass is 10.2. The van der Waals surface area contributed by atoms with E-state index in [0.717, 1.165) is 11.3 Å². The van der Waals surface area contributed by atoms with Crippen molar-refractivity contribution < 1.29 is 14.7 Å². The molecular formula is C15H21NO3S. The molecule has 0 aliphatic heterocycles. The number of aliphatic carboxylic acids is 1. The number of nitrogens with one attached hydrogen (secondary N) is 1. The molecule has 1 rings (SSSR count). The molecule has 0 aliphatic rings. The predicted molar refractivity (Wildman–Crippen MR) is 80.9 cm³/mol. The van der Waals surface area contributed by atoms with Crippen LogP contribution in [0.15, 0.2) is 35.2 Å². The first-order valence-corrected chi connectivity index (χ1v) is 7.72. The van der Waals surface area contributed by atoms with Gasteiger partial charge in [0.05, 0.1) is 5.25 Å². The number of hydrogen-bond acceptors (Lipinski definition) is 3. The summed E-state index contributed by atoms with van der Waals surface area (Å²) in [4.78, 5) is 23.5. The minimum atomic E-state index is -0.789. The van der Waals surface area contributed by atoms with E-state index in [0.29, 0.717) is 19.4 Å². The second kappa shape index (κ2) is 9.42. The average molecular weight is 295 g/mol. The minimum absolute atomic E-state index is 0.0247. The largest absolute Gasteiger partial charge is 0.481 e. The van der Waals surface area contributed by atoms with Gasteiger partial charge in [-0.25, -0.2) is 0 Å². The number of unbranched alkanes of at least 4 members (excludes halogenated alkanes) is 1. The summed E-state index contributed by atoms with van der Waals surface area (Å²) in [7, 11) is 0. The zero-order valence-electron chi connectivity index (χ0n) is 11.7. The van der Waals surface area contributed by atoms with Crippen LogP contribution in [0, 0.1) is 0 Å². The zero-order chi connectivity index (χ0) is 14.8. The molecule has 0 radical (unpaired) electrons. The first kappa shape index (κ1) is 16.6. The number of carboxylic acids is 1. The van der Waals surface area contributed by atoms with Gasteiger partial charge in [0.2, 0.25) is 5.91 Å². The van der Waals surface area contributed by atoms with Crippen molar-refractivity contribution in [2.45, 2.75) is 42.8 Å². The quantitative estimate of drug-likeness (QED) is 0.543. The molecule has 5 heteroatoms. The molecule has 1 amide bonds. The highest BCUT2D eigenvalue weighted by Gasteiger charge is 2.17. The van der Waals surface area contributed by atoms with E-state index in [4.69, 9.17) is 5.11 Å². The zero-order valence-corrected chi connectivity index (χ0v) is 12.5. The van der Waals surface area contributed by atoms with Gasteiger partial charge in [-0.15, -0.1) is 11.8 Å². The van der Waals surface area contributed by atoms with E-state index in [9.17, 15) is 9.59 Å². The standard InChI is InChI=1S/C15H21NO3S/c1-2-13(20-12-8-4-3-5-9-12)15(19)16-11-7-6-10-14(17)18/h3-5,8-9,13H,2,6-7,10-11H2,1H3,(H,16,19)(H,17,18). The Balaban J connectivity index is 2.30. The van der Waals surface area contributed by atoms with E-state index in [-0.39, 0.29) is 17.6 Å². The van der Waals surface area contributed by atoms with Crippen molar-refractivity contribution in [2.75, 3.05) is 6.54 Å². The van der Waals surface area contributed by atoms with Crippen LogP contribution in [-0.2, 0) is 9.59 Å². The Morgan fingerprint density at radius 2 is 1.95 bits per heavy atom. The van der Waals surface area contributed by atoms with Gasteiger partial charge in [-0.3, -0.25) is 9.59 Å². The predicted octanol–water partition coefficient (Wildman–Crippen LogP) is 2.93. The van der Waals surface area contributed by atoms with E-state index < -0.39 is 5.97 Å². The Kier molecular flexibility index (Phi) is 7.80. The molecular weight excluding hydrogens is 274 g/mol. The average Bonchev–Trinajstić information content (AvgIpc) is 2.45. The van der Waals surface area contributed by atoms with Crippen LogP contribution in [0.2, 0.25) is 0 Å². The SMILES string of the molecule is CCC(Sc1ccccc1)C(=O)NCCCCC(=O)O. The molecule has 110 valence electrons. The number of rotatable bonds is 9. The van der Waals surface area contributed by atoms with Gasteiger partial charge in [0.15, 0.2) is 0 Å². The number of benzene rings is 1. The Morgan fingerprint density at radius 3 is 2.55 bits per heavy atom. The van der Waals surface area contributed by atoms with Gasteiger partial charge in [-0.2, -0.15) is 0 Å². The molecule has 1 aromatic carbocycles. The second-order valence-electron chi connectivity index (χ2n) is 4.47. The molecule has 0 aromatic heterocycles. The summed E-state index contributed by atoms with van der Waals surface area (Å²) in [5, 5.41) is 11.3. The van der Waals surface area contributed by atoms with Crippen LogP contribution in [0.25, 0.3) is 0 Å². The molecule has 1 aromatic rings. The first-order chi connectivity index (χ1) is 9.63. The lowest BCUT2D eigenvalue weighted by molar-refractivity contribution is -0.137. The Morgan fingerprint density at radius 1 is 1.25 bits per heavy atom. The lowest BCUT2D eigenvalue weighted by Crippen LogP contribution is -2.33. The summed E-state index contributed by atoms with van der Waals surface area (Å²) in [6, 6.07) is 9.85. The Hall–Kier alpha value is -1.49. The molecule has 0 fully saturated rings. The van der Waals surface area contributed by atoms with Crippen molar-refractivity contribution in [3.8, 4) is 0 Å². The lowest BCUT2D eigenvalue weighted by Gasteiger charge is -2.14. The number of amides is 1. The molecule has 0 aliphatic carbocycles. The highest BCUT2D eigenvalue weighted by atomic mass is 32.2. The summed E-state index contributed by atoms with van der Waals surface area (Å²) >= 11 is 1.56. The third-order valence-electron chi connectivity index (χ3n) is 2.80. The number of thioether (sulfide) groups is 1. The van der Waals surface area contributed by atoms with Crippen LogP contribution in [0.1, 0.15) is 32.6 Å². The summed E-state index contributed by atoms with van der Waals surface area (Å²) < 4.78 is 0. The van der Waals surface area contributed by atoms with Crippen LogP contribution in [0.5, 0.6) is 0 Å². The maximum atomic E-state index is 12.0. The van der Waals surface area contributed by atoms with Crippen LogP contribution >= 0.6 is 11.8 Å². The van der Waals surface area contributed by atoms with Gasteiger partial charge in [-0.05, 0) is 31.4 Å². The molecule has 0 bridgehead atoms. The van der Waals surface area contributed by atoms with Crippen molar-refractivity contribution >= 4 is 23.6 Å². The van der Waals surface area contributed by atoms with Crippen LogP contribution in [-0.4, -0.2) is 28.8 Å². The molecule has 2 N–H and O–H groups in total. The summed E-state index contributed by atoms with van der Waals surface area (Å²) in [6.45, 7) is 2.53. The highest BCUT2D eigenvalue weighted by Crippen LogP contribution is 2.25. The number of carboxylic acid groups (broad SMARTS) is 1. The van der Waals surface area contributed by atoms with Gasteiger partial charge in [0.25, 0.3) is 0 Å². The number of carbonyl (C=O) groups excluding carboxylic acids is 1. The van der Waals surface area contributed by atoms with E-state index in [1.807, 2.05) is 37.3 Å². The molecule has 0 heterocycles. The topological polar surface area (TPSA) is 66.4 Å². The van der Waals surface area contributed by atoms with Gasteiger partial charge in [-0.1, -0.05) is 25.1 Å². The van der Waals surface area contributed by atoms with Crippen LogP contribution in [0.4, 0.5) is 0 Å². The second-order valence-corrected chi connectivity index (χ2v) is 5.75. The van der Waals surface area contributed by atoms with Crippen molar-refractivity contribution in [1.29, 1.82) is 0 Å². The maximum Gasteiger partial charge on any atom is 0.303 e. The minimum Gasteiger partial charge on any atom is -0.481 e. The fourth-order valence-corrected chi connectivity index (χ4v) is 2.71. The fourth-order valence-electron chi connectivity index (χ4n) is 1.71. The van der Waals surface area contributed by atoms with E-state index in [2.05, 4.69) is 5.32 Å². The van der Waals surface area contributed by atoms with Gasteiger partial charge in [0.1, 0.15) is 0 Å². The third-order valence-corrected chi connectivity index (χ3v) is 4.18. The Bertz CT molecular complexity index is 422. The molecule has 0 saturated heterocycles. The molecule has 4 nitrogen and oxygen atoms in total. The molecule has 20 heavy (non-hydrogen) atoms. The number of carbonyl (C=O) groups is 2. The summed E-state index contributed by atoms with van der Waals surface area (Å²) in [5.74, 6) is -0.765. The van der Waals surface area contributed by atoms with Crippen molar-refractivity contribution in [2.24, 2.45) is 0 Å². The fraction of sp³-hybridized carbons (Fsp3) is 0.467. The maximum absolute atomic E-state index is 12.0. The molecule has 1 atom stereocenters. The van der Waals surface area contributed by atoms with E-state index in [1.54, 1.807) is 11.8 Å². The van der Waals surface area contributed by atoms with Gasteiger partial charge >= 0.3 is 5.97 Å². The van der Waals surface area contributed by atoms with Gasteiger partial charge in [0, 0.05) is 17.9 Å². The number of hydrogen-bond donors (Lipinski definition) is 2. The third kappa shape index (κ3) is 6.61. The van der Waals surface area contributed by atoms with Crippen molar-refractivity contribution in [1.82, 2.24) is 5.32 Å². The van der Waals surface area contributed by atoms with Crippen molar-refractivity contribution in [3.63, 3.8) is 0 Å². The van der Waals surface area contributed by atoms with E-state index in [1.165, 1.54) is 0 Å². The molecule has 0 spiro atoms. The van der Waals surface area contributed by atoms with Gasteiger partial charge < -0.3 is 10.4 Å². The first-order valence-electron chi connectivity index (χ1n) is 6.84. The molecule has 1 unspecified atom stereocenters. The van der Waals surface area contributed by atoms with Crippen LogP contribution < -0.4 is 5.32 Å². The smallest absolute Gasteiger partial charge is 0.303 e. The van der Waals surface area contributed by atoms with E-state index >= 15 is 0 Å². The van der Waals surface area contributed by atoms with Crippen molar-refractivity contribution in [3.05, 3.63) is 30.3 Å².